The number of nitrogens with zero attached hydrogens (tertiary/aromatic N) is 1. The van der Waals surface area contributed by atoms with Crippen molar-refractivity contribution in [1.29, 1.82) is 0 Å². The zero-order chi connectivity index (χ0) is 20.4. The van der Waals surface area contributed by atoms with Crippen LogP contribution in [0.3, 0.4) is 0 Å². The Morgan fingerprint density at radius 3 is 2.55 bits per heavy atom. The summed E-state index contributed by atoms with van der Waals surface area (Å²) < 4.78 is 17.0. The number of pyridine rings is 1. The fraction of sp³-hybridized carbons (Fsp3) is 0.217. The van der Waals surface area contributed by atoms with Crippen molar-refractivity contribution in [1.82, 2.24) is 4.98 Å². The van der Waals surface area contributed by atoms with E-state index in [0.29, 0.717) is 29.1 Å². The van der Waals surface area contributed by atoms with Gasteiger partial charge in [0.1, 0.15) is 12.2 Å². The van der Waals surface area contributed by atoms with Gasteiger partial charge in [-0.1, -0.05) is 19.1 Å². The average molecular weight is 391 g/mol. The molecule has 6 nitrogen and oxygen atoms in total. The number of aromatic nitrogens is 1. The van der Waals surface area contributed by atoms with Crippen molar-refractivity contribution in [2.75, 3.05) is 13.7 Å². The normalized spacial score (nSPS) is 12.2. The summed E-state index contributed by atoms with van der Waals surface area (Å²) in [5.74, 6) is 0.979. The lowest BCUT2D eigenvalue weighted by Crippen LogP contribution is -2.04. The van der Waals surface area contributed by atoms with Crippen molar-refractivity contribution in [3.63, 3.8) is 0 Å². The molecule has 0 amide bonds. The van der Waals surface area contributed by atoms with Crippen LogP contribution < -0.4 is 15.1 Å². The summed E-state index contributed by atoms with van der Waals surface area (Å²) in [5.41, 5.74) is 1.85. The van der Waals surface area contributed by atoms with Crippen molar-refractivity contribution < 1.29 is 19.0 Å². The number of methoxy groups -OCH3 is 1. The van der Waals surface area contributed by atoms with E-state index in [1.807, 2.05) is 37.3 Å². The molecule has 0 aliphatic rings. The largest absolute Gasteiger partial charge is 0.493 e. The van der Waals surface area contributed by atoms with E-state index in [-0.39, 0.29) is 12.5 Å². The Balaban J connectivity index is 1.80. The molecule has 2 aromatic heterocycles. The first kappa shape index (κ1) is 19.0. The van der Waals surface area contributed by atoms with Gasteiger partial charge in [-0.3, -0.25) is 4.98 Å². The van der Waals surface area contributed by atoms with Crippen molar-refractivity contribution >= 4 is 21.7 Å². The maximum Gasteiger partial charge on any atom is 0.344 e. The third-order valence-corrected chi connectivity index (χ3v) is 5.01. The summed E-state index contributed by atoms with van der Waals surface area (Å²) in [6.07, 6.45) is 3.40. The average Bonchev–Trinajstić information content (AvgIpc) is 2.77. The number of fused-ring (bicyclic) bond motifs is 3. The fourth-order valence-corrected chi connectivity index (χ4v) is 3.28. The van der Waals surface area contributed by atoms with Crippen molar-refractivity contribution in [2.24, 2.45) is 0 Å². The van der Waals surface area contributed by atoms with Gasteiger partial charge in [-0.2, -0.15) is 0 Å². The van der Waals surface area contributed by atoms with E-state index in [2.05, 4.69) is 4.98 Å². The molecule has 4 aromatic rings. The lowest BCUT2D eigenvalue weighted by Gasteiger charge is -2.13. The van der Waals surface area contributed by atoms with Crippen LogP contribution in [0.4, 0.5) is 0 Å². The predicted molar refractivity (Wildman–Crippen MR) is 111 cm³/mol. The van der Waals surface area contributed by atoms with Crippen LogP contribution in [0.25, 0.3) is 21.7 Å². The molecule has 0 spiro atoms. The smallest absolute Gasteiger partial charge is 0.344 e. The van der Waals surface area contributed by atoms with E-state index in [1.165, 1.54) is 0 Å². The van der Waals surface area contributed by atoms with Gasteiger partial charge in [0.05, 0.1) is 12.5 Å². The minimum Gasteiger partial charge on any atom is -0.493 e. The summed E-state index contributed by atoms with van der Waals surface area (Å²) in [6, 6.07) is 12.8. The summed E-state index contributed by atoms with van der Waals surface area (Å²) in [7, 11) is 1.57. The van der Waals surface area contributed by atoms with Crippen LogP contribution in [-0.4, -0.2) is 23.8 Å². The molecule has 148 valence electrons. The van der Waals surface area contributed by atoms with Gasteiger partial charge in [0.15, 0.2) is 11.5 Å². The van der Waals surface area contributed by atoms with Gasteiger partial charge in [0, 0.05) is 41.8 Å². The second kappa shape index (κ2) is 7.93. The zero-order valence-electron chi connectivity index (χ0n) is 16.2. The van der Waals surface area contributed by atoms with Gasteiger partial charge >= 0.3 is 5.63 Å². The Morgan fingerprint density at radius 1 is 1.03 bits per heavy atom. The first-order valence-corrected chi connectivity index (χ1v) is 9.31. The van der Waals surface area contributed by atoms with Gasteiger partial charge in [0.2, 0.25) is 0 Å². The second-order valence-corrected chi connectivity index (χ2v) is 6.92. The summed E-state index contributed by atoms with van der Waals surface area (Å²) in [4.78, 5) is 16.6. The first-order chi connectivity index (χ1) is 14.1. The Bertz CT molecular complexity index is 1220. The van der Waals surface area contributed by atoms with E-state index >= 15 is 0 Å². The lowest BCUT2D eigenvalue weighted by atomic mass is 9.98. The molecule has 0 bridgehead atoms. The number of rotatable bonds is 6. The van der Waals surface area contributed by atoms with E-state index in [4.69, 9.17) is 13.9 Å². The highest BCUT2D eigenvalue weighted by Gasteiger charge is 2.15. The van der Waals surface area contributed by atoms with Crippen molar-refractivity contribution in [2.45, 2.75) is 19.4 Å². The van der Waals surface area contributed by atoms with E-state index in [0.717, 1.165) is 21.9 Å². The maximum atomic E-state index is 12.6. The van der Waals surface area contributed by atoms with Crippen LogP contribution in [-0.2, 0) is 6.61 Å². The van der Waals surface area contributed by atoms with Crippen LogP contribution >= 0.6 is 0 Å². The number of aliphatic hydroxyl groups is 1. The number of ether oxygens (including phenoxy) is 2. The molecule has 0 radical (unpaired) electrons. The summed E-state index contributed by atoms with van der Waals surface area (Å²) in [6.45, 7) is 2.25. The summed E-state index contributed by atoms with van der Waals surface area (Å²) >= 11 is 0. The molecule has 2 aromatic carbocycles. The number of benzene rings is 2. The van der Waals surface area contributed by atoms with Crippen LogP contribution in [0.5, 0.6) is 11.5 Å². The third kappa shape index (κ3) is 3.67. The van der Waals surface area contributed by atoms with Crippen molar-refractivity contribution in [3.8, 4) is 11.5 Å². The Kier molecular flexibility index (Phi) is 5.18. The Labute approximate surface area is 167 Å². The Hall–Kier alpha value is -3.38. The number of aliphatic hydroxyl groups excluding tert-OH is 1. The Morgan fingerprint density at radius 2 is 1.83 bits per heavy atom. The highest BCUT2D eigenvalue weighted by molar-refractivity contribution is 6.05. The minimum absolute atomic E-state index is 0.0103. The predicted octanol–water partition coefficient (Wildman–Crippen LogP) is 4.02. The fourth-order valence-electron chi connectivity index (χ4n) is 3.28. The van der Waals surface area contributed by atoms with Gasteiger partial charge in [0.25, 0.3) is 0 Å². The molecule has 1 unspecified atom stereocenters. The van der Waals surface area contributed by atoms with Gasteiger partial charge < -0.3 is 19.0 Å². The minimum atomic E-state index is -0.426. The topological polar surface area (TPSA) is 81.8 Å². The molecule has 0 aliphatic heterocycles. The zero-order valence-corrected chi connectivity index (χ0v) is 16.2. The van der Waals surface area contributed by atoms with E-state index in [9.17, 15) is 9.90 Å². The highest BCUT2D eigenvalue weighted by atomic mass is 16.5. The molecule has 0 fully saturated rings. The summed E-state index contributed by atoms with van der Waals surface area (Å²) in [5, 5.41) is 11.4. The molecular weight excluding hydrogens is 370 g/mol. The molecule has 2 heterocycles. The molecule has 0 saturated carbocycles. The van der Waals surface area contributed by atoms with E-state index < -0.39 is 5.63 Å². The van der Waals surface area contributed by atoms with Crippen LogP contribution in [0.1, 0.15) is 24.0 Å². The molecule has 4 rings (SSSR count). The van der Waals surface area contributed by atoms with Gasteiger partial charge in [-0.15, -0.1) is 0 Å². The molecular formula is C23H21NO5. The van der Waals surface area contributed by atoms with Crippen LogP contribution in [0, 0.1) is 0 Å². The standard InChI is InChI=1S/C23H21NO5/c1-14(12-25)16-3-4-17-18-10-21(27-2)22(28-13-15-5-7-24-8-6-15)11-20(18)29-23(26)19(17)9-16/h3-11,14,25H,12-13H2,1-2H3. The number of hydrogen-bond acceptors (Lipinski definition) is 6. The molecule has 1 N–H and O–H groups in total. The van der Waals surface area contributed by atoms with Crippen LogP contribution in [0.2, 0.25) is 0 Å². The molecule has 0 aliphatic carbocycles. The SMILES string of the molecule is COc1cc2c(cc1OCc1ccncc1)oc(=O)c1cc(C(C)CO)ccc12. The quantitative estimate of drug-likeness (QED) is 0.395. The van der Waals surface area contributed by atoms with Gasteiger partial charge in [-0.05, 0) is 35.4 Å². The van der Waals surface area contributed by atoms with Crippen molar-refractivity contribution in [3.05, 3.63) is 76.4 Å². The van der Waals surface area contributed by atoms with E-state index in [1.54, 1.807) is 31.6 Å². The second-order valence-electron chi connectivity index (χ2n) is 6.92. The highest BCUT2D eigenvalue weighted by Crippen LogP contribution is 2.36. The molecule has 1 atom stereocenters. The first-order valence-electron chi connectivity index (χ1n) is 9.31. The molecule has 0 saturated heterocycles. The monoisotopic (exact) mass is 391 g/mol. The lowest BCUT2D eigenvalue weighted by molar-refractivity contribution is 0.273. The molecule has 6 heteroatoms. The van der Waals surface area contributed by atoms with Crippen LogP contribution in [0.15, 0.2) is 64.1 Å². The number of hydrogen-bond donors (Lipinski definition) is 1. The maximum absolute atomic E-state index is 12.6. The van der Waals surface area contributed by atoms with Gasteiger partial charge in [-0.25, -0.2) is 4.79 Å². The third-order valence-electron chi connectivity index (χ3n) is 5.01. The molecule has 29 heavy (non-hydrogen) atoms.